The zero-order valence-electron chi connectivity index (χ0n) is 16.8. The summed E-state index contributed by atoms with van der Waals surface area (Å²) in [4.78, 5) is 26.5. The largest absolute Gasteiger partial charge is 0.494 e. The Morgan fingerprint density at radius 3 is 2.63 bits per heavy atom. The summed E-state index contributed by atoms with van der Waals surface area (Å²) < 4.78 is 19.6. The van der Waals surface area contributed by atoms with E-state index in [9.17, 15) is 14.0 Å². The fraction of sp³-hybridized carbons (Fsp3) is 0.364. The van der Waals surface area contributed by atoms with Crippen molar-refractivity contribution in [1.82, 2.24) is 15.5 Å². The molecule has 0 saturated carbocycles. The Morgan fingerprint density at radius 1 is 1.20 bits per heavy atom. The maximum atomic E-state index is 13.8. The topological polar surface area (TPSA) is 70.7 Å². The Morgan fingerprint density at radius 2 is 1.97 bits per heavy atom. The second-order valence-corrected chi connectivity index (χ2v) is 8.20. The Kier molecular flexibility index (Phi) is 7.81. The lowest BCUT2D eigenvalue weighted by atomic mass is 10.0. The molecule has 2 aromatic rings. The molecule has 2 aromatic carbocycles. The molecule has 3 rings (SSSR count). The fourth-order valence-electron chi connectivity index (χ4n) is 3.47. The van der Waals surface area contributed by atoms with Crippen molar-refractivity contribution in [3.8, 4) is 5.75 Å². The van der Waals surface area contributed by atoms with Gasteiger partial charge in [0.15, 0.2) is 11.6 Å². The molecular formula is C22H25BrFN3O3. The molecule has 6 nitrogen and oxygen atoms in total. The van der Waals surface area contributed by atoms with E-state index in [1.165, 1.54) is 13.2 Å². The number of methoxy groups -OCH3 is 1. The van der Waals surface area contributed by atoms with Crippen LogP contribution in [0.25, 0.3) is 0 Å². The van der Waals surface area contributed by atoms with Gasteiger partial charge in [-0.3, -0.25) is 14.5 Å². The van der Waals surface area contributed by atoms with E-state index in [4.69, 9.17) is 4.74 Å². The van der Waals surface area contributed by atoms with Gasteiger partial charge in [-0.15, -0.1) is 0 Å². The van der Waals surface area contributed by atoms with Gasteiger partial charge < -0.3 is 15.4 Å². The first-order chi connectivity index (χ1) is 14.4. The summed E-state index contributed by atoms with van der Waals surface area (Å²) in [6.45, 7) is 2.22. The molecule has 2 N–H and O–H groups in total. The van der Waals surface area contributed by atoms with Gasteiger partial charge >= 0.3 is 0 Å². The van der Waals surface area contributed by atoms with Gasteiger partial charge in [-0.25, -0.2) is 4.39 Å². The molecule has 160 valence electrons. The predicted molar refractivity (Wildman–Crippen MR) is 116 cm³/mol. The maximum absolute atomic E-state index is 13.8. The van der Waals surface area contributed by atoms with Crippen LogP contribution in [0, 0.1) is 5.82 Å². The summed E-state index contributed by atoms with van der Waals surface area (Å²) in [5.74, 6) is -0.601. The average Bonchev–Trinajstić information content (AvgIpc) is 2.73. The van der Waals surface area contributed by atoms with Gasteiger partial charge in [-0.2, -0.15) is 0 Å². The van der Waals surface area contributed by atoms with Crippen LogP contribution in [-0.2, 0) is 11.3 Å². The molecule has 2 amide bonds. The second kappa shape index (κ2) is 10.5. The van der Waals surface area contributed by atoms with Gasteiger partial charge in [0.05, 0.1) is 13.7 Å². The van der Waals surface area contributed by atoms with Gasteiger partial charge in [0.1, 0.15) is 0 Å². The van der Waals surface area contributed by atoms with Crippen LogP contribution in [0.3, 0.4) is 0 Å². The number of hydrogen-bond acceptors (Lipinski definition) is 4. The van der Waals surface area contributed by atoms with Gasteiger partial charge in [0, 0.05) is 35.7 Å². The molecule has 8 heteroatoms. The number of nitrogens with one attached hydrogen (secondary N) is 2. The van der Waals surface area contributed by atoms with Crippen molar-refractivity contribution in [2.45, 2.75) is 25.4 Å². The maximum Gasteiger partial charge on any atom is 0.251 e. The van der Waals surface area contributed by atoms with E-state index in [-0.39, 0.29) is 36.0 Å². The monoisotopic (exact) mass is 477 g/mol. The van der Waals surface area contributed by atoms with Crippen LogP contribution < -0.4 is 15.4 Å². The first kappa shape index (κ1) is 22.2. The third kappa shape index (κ3) is 6.27. The number of hydrogen-bond donors (Lipinski definition) is 2. The van der Waals surface area contributed by atoms with Gasteiger partial charge in [-0.1, -0.05) is 28.1 Å². The number of rotatable bonds is 7. The van der Waals surface area contributed by atoms with E-state index in [2.05, 4.69) is 31.5 Å². The molecule has 1 aliphatic heterocycles. The van der Waals surface area contributed by atoms with Gasteiger partial charge in [0.25, 0.3) is 5.91 Å². The first-order valence-corrected chi connectivity index (χ1v) is 10.6. The minimum atomic E-state index is -0.359. The minimum Gasteiger partial charge on any atom is -0.494 e. The van der Waals surface area contributed by atoms with Crippen molar-refractivity contribution in [2.24, 2.45) is 0 Å². The van der Waals surface area contributed by atoms with Crippen molar-refractivity contribution in [1.29, 1.82) is 0 Å². The molecule has 0 aliphatic carbocycles. The third-order valence-electron chi connectivity index (χ3n) is 5.07. The van der Waals surface area contributed by atoms with Crippen LogP contribution >= 0.6 is 15.9 Å². The van der Waals surface area contributed by atoms with E-state index in [1.54, 1.807) is 24.3 Å². The highest BCUT2D eigenvalue weighted by Crippen LogP contribution is 2.20. The van der Waals surface area contributed by atoms with Crippen LogP contribution in [0.1, 0.15) is 28.8 Å². The molecule has 1 fully saturated rings. The number of likely N-dealkylation sites (tertiary alicyclic amines) is 1. The van der Waals surface area contributed by atoms with Crippen molar-refractivity contribution in [2.75, 3.05) is 26.7 Å². The minimum absolute atomic E-state index is 0.0588. The molecule has 1 heterocycles. The van der Waals surface area contributed by atoms with Crippen molar-refractivity contribution < 1.29 is 18.7 Å². The Hall–Kier alpha value is -2.45. The summed E-state index contributed by atoms with van der Waals surface area (Å²) in [6, 6.07) is 12.1. The van der Waals surface area contributed by atoms with E-state index in [1.807, 2.05) is 12.1 Å². The molecule has 0 bridgehead atoms. The second-order valence-electron chi connectivity index (χ2n) is 7.28. The number of piperidine rings is 1. The molecule has 30 heavy (non-hydrogen) atoms. The molecular weight excluding hydrogens is 453 g/mol. The molecule has 1 saturated heterocycles. The summed E-state index contributed by atoms with van der Waals surface area (Å²) in [5.41, 5.74) is 1.39. The Bertz CT molecular complexity index is 901. The highest BCUT2D eigenvalue weighted by molar-refractivity contribution is 9.10. The first-order valence-electron chi connectivity index (χ1n) is 9.82. The lowest BCUT2D eigenvalue weighted by molar-refractivity contribution is -0.121. The average molecular weight is 478 g/mol. The van der Waals surface area contributed by atoms with E-state index in [0.717, 1.165) is 36.0 Å². The predicted octanol–water partition coefficient (Wildman–Crippen LogP) is 3.11. The normalized spacial score (nSPS) is 14.9. The molecule has 0 spiro atoms. The van der Waals surface area contributed by atoms with Gasteiger partial charge in [-0.05, 0) is 48.7 Å². The number of nitrogens with zero attached hydrogens (tertiary/aromatic N) is 1. The molecule has 0 aromatic heterocycles. The van der Waals surface area contributed by atoms with E-state index < -0.39 is 0 Å². The zero-order valence-corrected chi connectivity index (χ0v) is 18.4. The molecule has 0 radical (unpaired) electrons. The molecule has 0 unspecified atom stereocenters. The quantitative estimate of drug-likeness (QED) is 0.642. The smallest absolute Gasteiger partial charge is 0.251 e. The van der Waals surface area contributed by atoms with Crippen LogP contribution in [0.4, 0.5) is 4.39 Å². The molecule has 1 aliphatic rings. The number of carbonyl (C=O) groups excluding carboxylic acids is 2. The number of halogens is 2. The SMILES string of the molecule is COc1ccc(CN2CCC(NC(=O)CNC(=O)c3cccc(Br)c3)CC2)cc1F. The van der Waals surface area contributed by atoms with Crippen molar-refractivity contribution in [3.63, 3.8) is 0 Å². The van der Waals surface area contributed by atoms with Crippen LogP contribution in [-0.4, -0.2) is 49.5 Å². The number of ether oxygens (including phenoxy) is 1. The summed E-state index contributed by atoms with van der Waals surface area (Å²) in [7, 11) is 1.45. The van der Waals surface area contributed by atoms with Crippen LogP contribution in [0.15, 0.2) is 46.9 Å². The zero-order chi connectivity index (χ0) is 21.5. The summed E-state index contributed by atoms with van der Waals surface area (Å²) in [5, 5.41) is 5.62. The third-order valence-corrected chi connectivity index (χ3v) is 5.56. The molecule has 0 atom stereocenters. The van der Waals surface area contributed by atoms with Crippen LogP contribution in [0.2, 0.25) is 0 Å². The fourth-order valence-corrected chi connectivity index (χ4v) is 3.87. The summed E-state index contributed by atoms with van der Waals surface area (Å²) in [6.07, 6.45) is 1.62. The lowest BCUT2D eigenvalue weighted by Crippen LogP contribution is -2.47. The summed E-state index contributed by atoms with van der Waals surface area (Å²) >= 11 is 3.32. The van der Waals surface area contributed by atoms with E-state index in [0.29, 0.717) is 12.1 Å². The van der Waals surface area contributed by atoms with Crippen molar-refractivity contribution in [3.05, 3.63) is 63.9 Å². The number of amides is 2. The van der Waals surface area contributed by atoms with E-state index >= 15 is 0 Å². The van der Waals surface area contributed by atoms with Crippen molar-refractivity contribution >= 4 is 27.7 Å². The lowest BCUT2D eigenvalue weighted by Gasteiger charge is -2.32. The Labute approximate surface area is 183 Å². The number of benzene rings is 2. The highest BCUT2D eigenvalue weighted by Gasteiger charge is 2.21. The standard InChI is InChI=1S/C22H25BrFN3O3/c1-30-20-6-5-15(11-19(20)24)14-27-9-7-18(8-10-27)26-21(28)13-25-22(29)16-3-2-4-17(23)12-16/h2-6,11-12,18H,7-10,13-14H2,1H3,(H,25,29)(H,26,28). The Balaban J connectivity index is 1.39. The highest BCUT2D eigenvalue weighted by atomic mass is 79.9. The number of carbonyl (C=O) groups is 2. The van der Waals surface area contributed by atoms with Gasteiger partial charge in [0.2, 0.25) is 5.91 Å². The van der Waals surface area contributed by atoms with Crippen LogP contribution in [0.5, 0.6) is 5.75 Å².